The lowest BCUT2D eigenvalue weighted by atomic mass is 10.3. The van der Waals surface area contributed by atoms with E-state index < -0.39 is 0 Å². The van der Waals surface area contributed by atoms with Gasteiger partial charge < -0.3 is 10.6 Å². The van der Waals surface area contributed by atoms with Gasteiger partial charge in [0.1, 0.15) is 11.5 Å². The van der Waals surface area contributed by atoms with Crippen LogP contribution in [0.1, 0.15) is 43.6 Å². The summed E-state index contributed by atoms with van der Waals surface area (Å²) in [7, 11) is 0. The molecule has 0 aliphatic rings. The van der Waals surface area contributed by atoms with Gasteiger partial charge in [0.15, 0.2) is 0 Å². The molecule has 0 radical (unpaired) electrons. The molecule has 2 N–H and O–H groups in total. The second kappa shape index (κ2) is 7.60. The fraction of sp³-hybridized carbons (Fsp3) is 0.583. The fourth-order valence-corrected chi connectivity index (χ4v) is 1.26. The van der Waals surface area contributed by atoms with Gasteiger partial charge in [0.25, 0.3) is 5.91 Å². The summed E-state index contributed by atoms with van der Waals surface area (Å²) in [6.45, 7) is 5.69. The summed E-state index contributed by atoms with van der Waals surface area (Å²) in [6, 6.07) is 0. The van der Waals surface area contributed by atoms with E-state index in [1.165, 1.54) is 6.20 Å². The van der Waals surface area contributed by atoms with Crippen LogP contribution in [0.25, 0.3) is 0 Å². The molecule has 0 bridgehead atoms. The highest BCUT2D eigenvalue weighted by atomic mass is 16.1. The van der Waals surface area contributed by atoms with Crippen molar-refractivity contribution in [2.24, 2.45) is 0 Å². The van der Waals surface area contributed by atoms with E-state index in [4.69, 9.17) is 0 Å². The van der Waals surface area contributed by atoms with Crippen LogP contribution in [0, 0.1) is 0 Å². The first kappa shape index (κ1) is 13.4. The SMILES string of the molecule is CCCCNc1cnc(C(=O)NCCC)cn1. The van der Waals surface area contributed by atoms with E-state index in [0.717, 1.165) is 25.8 Å². The highest BCUT2D eigenvalue weighted by Gasteiger charge is 2.06. The summed E-state index contributed by atoms with van der Waals surface area (Å²) in [6.07, 6.45) is 6.24. The molecule has 0 aliphatic carbocycles. The number of hydrogen-bond acceptors (Lipinski definition) is 4. The maximum Gasteiger partial charge on any atom is 0.271 e. The number of nitrogens with zero attached hydrogens (tertiary/aromatic N) is 2. The van der Waals surface area contributed by atoms with E-state index >= 15 is 0 Å². The number of aromatic nitrogens is 2. The van der Waals surface area contributed by atoms with Gasteiger partial charge >= 0.3 is 0 Å². The van der Waals surface area contributed by atoms with Crippen LogP contribution < -0.4 is 10.6 Å². The quantitative estimate of drug-likeness (QED) is 0.709. The number of rotatable bonds is 7. The van der Waals surface area contributed by atoms with Gasteiger partial charge in [0.2, 0.25) is 0 Å². The molecule has 0 fully saturated rings. The van der Waals surface area contributed by atoms with Crippen LogP contribution in [0.2, 0.25) is 0 Å². The number of hydrogen-bond donors (Lipinski definition) is 2. The van der Waals surface area contributed by atoms with Gasteiger partial charge in [0.05, 0.1) is 12.4 Å². The molecular weight excluding hydrogens is 216 g/mol. The van der Waals surface area contributed by atoms with E-state index in [0.29, 0.717) is 18.1 Å². The van der Waals surface area contributed by atoms with Crippen molar-refractivity contribution >= 4 is 11.7 Å². The number of carbonyl (C=O) groups excluding carboxylic acids is 1. The Morgan fingerprint density at radius 3 is 2.59 bits per heavy atom. The Kier molecular flexibility index (Phi) is 5.99. The van der Waals surface area contributed by atoms with Crippen LogP contribution in [0.4, 0.5) is 5.82 Å². The maximum absolute atomic E-state index is 11.5. The molecule has 0 aliphatic heterocycles. The van der Waals surface area contributed by atoms with Gasteiger partial charge in [0, 0.05) is 13.1 Å². The number of amides is 1. The lowest BCUT2D eigenvalue weighted by Crippen LogP contribution is -2.25. The Hall–Kier alpha value is -1.65. The number of anilines is 1. The van der Waals surface area contributed by atoms with E-state index in [9.17, 15) is 4.79 Å². The van der Waals surface area contributed by atoms with Crippen LogP contribution in [-0.4, -0.2) is 29.0 Å². The lowest BCUT2D eigenvalue weighted by molar-refractivity contribution is 0.0948. The van der Waals surface area contributed by atoms with Crippen molar-refractivity contribution < 1.29 is 4.79 Å². The molecular formula is C12H20N4O. The fourth-order valence-electron chi connectivity index (χ4n) is 1.26. The average Bonchev–Trinajstić information content (AvgIpc) is 2.37. The Morgan fingerprint density at radius 2 is 2.00 bits per heavy atom. The Labute approximate surface area is 102 Å². The summed E-state index contributed by atoms with van der Waals surface area (Å²) in [5, 5.41) is 5.91. The smallest absolute Gasteiger partial charge is 0.271 e. The van der Waals surface area contributed by atoms with E-state index in [1.807, 2.05) is 6.92 Å². The summed E-state index contributed by atoms with van der Waals surface area (Å²) in [5.41, 5.74) is 0.361. The topological polar surface area (TPSA) is 66.9 Å². The Balaban J connectivity index is 2.46. The van der Waals surface area contributed by atoms with Gasteiger partial charge in [-0.1, -0.05) is 20.3 Å². The molecule has 1 aromatic heterocycles. The van der Waals surface area contributed by atoms with Crippen LogP contribution in [0.3, 0.4) is 0 Å². The average molecular weight is 236 g/mol. The molecule has 17 heavy (non-hydrogen) atoms. The van der Waals surface area contributed by atoms with Crippen molar-refractivity contribution in [3.63, 3.8) is 0 Å². The van der Waals surface area contributed by atoms with Crippen molar-refractivity contribution in [1.29, 1.82) is 0 Å². The van der Waals surface area contributed by atoms with Crippen molar-refractivity contribution in [1.82, 2.24) is 15.3 Å². The first-order valence-corrected chi connectivity index (χ1v) is 6.12. The summed E-state index contributed by atoms with van der Waals surface area (Å²) >= 11 is 0. The van der Waals surface area contributed by atoms with Gasteiger partial charge in [-0.15, -0.1) is 0 Å². The molecule has 0 saturated carbocycles. The molecule has 0 atom stereocenters. The largest absolute Gasteiger partial charge is 0.369 e. The third kappa shape index (κ3) is 4.80. The van der Waals surface area contributed by atoms with Crippen molar-refractivity contribution in [2.45, 2.75) is 33.1 Å². The molecule has 94 valence electrons. The standard InChI is InChI=1S/C12H20N4O/c1-3-5-7-13-11-9-15-10(8-16-11)12(17)14-6-4-2/h8-9H,3-7H2,1-2H3,(H,13,16)(H,14,17). The highest BCUT2D eigenvalue weighted by molar-refractivity contribution is 5.91. The molecule has 1 amide bonds. The maximum atomic E-state index is 11.5. The van der Waals surface area contributed by atoms with Crippen molar-refractivity contribution in [3.8, 4) is 0 Å². The summed E-state index contributed by atoms with van der Waals surface area (Å²) < 4.78 is 0. The van der Waals surface area contributed by atoms with Crippen LogP contribution >= 0.6 is 0 Å². The monoisotopic (exact) mass is 236 g/mol. The lowest BCUT2D eigenvalue weighted by Gasteiger charge is -2.05. The first-order valence-electron chi connectivity index (χ1n) is 6.12. The van der Waals surface area contributed by atoms with Crippen molar-refractivity contribution in [3.05, 3.63) is 18.1 Å². The van der Waals surface area contributed by atoms with E-state index in [2.05, 4.69) is 27.5 Å². The van der Waals surface area contributed by atoms with Crippen molar-refractivity contribution in [2.75, 3.05) is 18.4 Å². The molecule has 0 spiro atoms. The van der Waals surface area contributed by atoms with Gasteiger partial charge in [-0.05, 0) is 12.8 Å². The number of nitrogens with one attached hydrogen (secondary N) is 2. The zero-order chi connectivity index (χ0) is 12.5. The predicted molar refractivity (Wildman–Crippen MR) is 68.1 cm³/mol. The van der Waals surface area contributed by atoms with E-state index in [-0.39, 0.29) is 5.91 Å². The third-order valence-electron chi connectivity index (χ3n) is 2.26. The minimum Gasteiger partial charge on any atom is -0.369 e. The van der Waals surface area contributed by atoms with E-state index in [1.54, 1.807) is 6.20 Å². The third-order valence-corrected chi connectivity index (χ3v) is 2.26. The van der Waals surface area contributed by atoms with Gasteiger partial charge in [-0.25, -0.2) is 9.97 Å². The Bertz CT molecular complexity index is 337. The van der Waals surface area contributed by atoms with Crippen LogP contribution in [0.15, 0.2) is 12.4 Å². The van der Waals surface area contributed by atoms with Crippen LogP contribution in [0.5, 0.6) is 0 Å². The van der Waals surface area contributed by atoms with Crippen LogP contribution in [-0.2, 0) is 0 Å². The predicted octanol–water partition coefficient (Wildman–Crippen LogP) is 1.83. The zero-order valence-electron chi connectivity index (χ0n) is 10.5. The highest BCUT2D eigenvalue weighted by Crippen LogP contribution is 2.01. The molecule has 0 unspecified atom stereocenters. The number of unbranched alkanes of at least 4 members (excludes halogenated alkanes) is 1. The molecule has 5 nitrogen and oxygen atoms in total. The Morgan fingerprint density at radius 1 is 1.18 bits per heavy atom. The second-order valence-corrected chi connectivity index (χ2v) is 3.82. The minimum absolute atomic E-state index is 0.167. The molecule has 0 aromatic carbocycles. The second-order valence-electron chi connectivity index (χ2n) is 3.82. The molecule has 1 rings (SSSR count). The minimum atomic E-state index is -0.167. The summed E-state index contributed by atoms with van der Waals surface area (Å²) in [5.74, 6) is 0.546. The molecule has 1 heterocycles. The molecule has 1 aromatic rings. The normalized spacial score (nSPS) is 10.0. The van der Waals surface area contributed by atoms with Gasteiger partial charge in [-0.3, -0.25) is 4.79 Å². The first-order chi connectivity index (χ1) is 8.27. The zero-order valence-corrected chi connectivity index (χ0v) is 10.5. The molecule has 0 saturated heterocycles. The van der Waals surface area contributed by atoms with Gasteiger partial charge in [-0.2, -0.15) is 0 Å². The molecule has 5 heteroatoms. The summed E-state index contributed by atoms with van der Waals surface area (Å²) in [4.78, 5) is 19.8. The number of carbonyl (C=O) groups is 1.